The second-order valence-corrected chi connectivity index (χ2v) is 7.03. The van der Waals surface area contributed by atoms with Crippen molar-refractivity contribution in [3.8, 4) is 0 Å². The molecule has 0 saturated heterocycles. The number of aromatic amines is 1. The van der Waals surface area contributed by atoms with Crippen LogP contribution in [0.1, 0.15) is 27.9 Å². The zero-order chi connectivity index (χ0) is 18.8. The van der Waals surface area contributed by atoms with E-state index in [1.165, 1.54) is 0 Å². The number of pyridine rings is 3. The fourth-order valence-corrected chi connectivity index (χ4v) is 3.35. The Hall–Kier alpha value is -2.79. The fourth-order valence-electron chi connectivity index (χ4n) is 3.16. The van der Waals surface area contributed by atoms with Gasteiger partial charge in [-0.1, -0.05) is 17.7 Å². The molecule has 0 unspecified atom stereocenters. The maximum absolute atomic E-state index is 14.5. The van der Waals surface area contributed by atoms with Gasteiger partial charge in [0.25, 0.3) is 0 Å². The van der Waals surface area contributed by atoms with Crippen molar-refractivity contribution in [2.75, 3.05) is 0 Å². The lowest BCUT2D eigenvalue weighted by atomic mass is 10.0. The van der Waals surface area contributed by atoms with Crippen molar-refractivity contribution in [1.82, 2.24) is 19.9 Å². The van der Waals surface area contributed by atoms with E-state index in [9.17, 15) is 4.39 Å². The van der Waals surface area contributed by atoms with E-state index in [4.69, 9.17) is 11.6 Å². The molecule has 0 radical (unpaired) electrons. The average Bonchev–Trinajstić information content (AvgIpc) is 3.04. The van der Waals surface area contributed by atoms with Crippen molar-refractivity contribution in [2.45, 2.75) is 26.2 Å². The van der Waals surface area contributed by atoms with Crippen LogP contribution in [0, 0.1) is 12.9 Å². The van der Waals surface area contributed by atoms with E-state index in [1.807, 2.05) is 43.6 Å². The number of fused-ring (bicyclic) bond motifs is 1. The van der Waals surface area contributed by atoms with Crippen molar-refractivity contribution >= 4 is 22.6 Å². The number of aryl methyl sites for hydroxylation is 3. The van der Waals surface area contributed by atoms with Crippen molar-refractivity contribution in [3.63, 3.8) is 0 Å². The zero-order valence-electron chi connectivity index (χ0n) is 14.8. The van der Waals surface area contributed by atoms with Gasteiger partial charge < -0.3 is 4.98 Å². The summed E-state index contributed by atoms with van der Waals surface area (Å²) in [5.41, 5.74) is 5.27. The third-order valence-corrected chi connectivity index (χ3v) is 4.79. The summed E-state index contributed by atoms with van der Waals surface area (Å²) in [5, 5.41) is 1.48. The van der Waals surface area contributed by atoms with Crippen LogP contribution in [0.15, 0.2) is 48.9 Å². The molecule has 0 aliphatic carbocycles. The molecule has 0 spiro atoms. The molecule has 0 aliphatic rings. The van der Waals surface area contributed by atoms with Crippen LogP contribution in [0.3, 0.4) is 0 Å². The van der Waals surface area contributed by atoms with Crippen molar-refractivity contribution in [1.29, 1.82) is 0 Å². The van der Waals surface area contributed by atoms with Gasteiger partial charge in [0.15, 0.2) is 0 Å². The predicted octanol–water partition coefficient (Wildman–Crippen LogP) is 4.83. The molecule has 0 fully saturated rings. The standard InChI is InChI=1S/C21H18ClFN4/c1-13-8-18-16(12-26-21(18)25-11-13)10-15-3-5-17(27-20(15)23)4-2-14-6-7-24-19(22)9-14/h3,5-9,11-12H,2,4,10H2,1H3,(H,25,26). The number of aromatic nitrogens is 4. The lowest BCUT2D eigenvalue weighted by Crippen LogP contribution is -2.01. The highest BCUT2D eigenvalue weighted by atomic mass is 35.5. The van der Waals surface area contributed by atoms with Gasteiger partial charge in [-0.25, -0.2) is 15.0 Å². The highest BCUT2D eigenvalue weighted by Gasteiger charge is 2.11. The van der Waals surface area contributed by atoms with Gasteiger partial charge in [0.1, 0.15) is 10.8 Å². The summed E-state index contributed by atoms with van der Waals surface area (Å²) < 4.78 is 14.5. The Balaban J connectivity index is 1.50. The molecule has 0 amide bonds. The first-order valence-corrected chi connectivity index (χ1v) is 9.13. The van der Waals surface area contributed by atoms with Crippen LogP contribution in [0.25, 0.3) is 11.0 Å². The Morgan fingerprint density at radius 2 is 1.96 bits per heavy atom. The van der Waals surface area contributed by atoms with Crippen molar-refractivity contribution < 1.29 is 4.39 Å². The highest BCUT2D eigenvalue weighted by molar-refractivity contribution is 6.29. The molecule has 0 atom stereocenters. The maximum Gasteiger partial charge on any atom is 0.216 e. The van der Waals surface area contributed by atoms with E-state index in [0.29, 0.717) is 23.6 Å². The van der Waals surface area contributed by atoms with Gasteiger partial charge in [0.2, 0.25) is 5.95 Å². The summed E-state index contributed by atoms with van der Waals surface area (Å²) in [5.74, 6) is -0.421. The monoisotopic (exact) mass is 380 g/mol. The fraction of sp³-hybridized carbons (Fsp3) is 0.190. The van der Waals surface area contributed by atoms with Gasteiger partial charge >= 0.3 is 0 Å². The largest absolute Gasteiger partial charge is 0.346 e. The third-order valence-electron chi connectivity index (χ3n) is 4.58. The minimum atomic E-state index is -0.421. The minimum Gasteiger partial charge on any atom is -0.346 e. The number of nitrogens with zero attached hydrogens (tertiary/aromatic N) is 3. The first-order chi connectivity index (χ1) is 13.1. The van der Waals surface area contributed by atoms with Gasteiger partial charge in [-0.2, -0.15) is 4.39 Å². The van der Waals surface area contributed by atoms with Gasteiger partial charge in [-0.05, 0) is 60.7 Å². The zero-order valence-corrected chi connectivity index (χ0v) is 15.6. The van der Waals surface area contributed by atoms with E-state index >= 15 is 0 Å². The van der Waals surface area contributed by atoms with Gasteiger partial charge in [-0.15, -0.1) is 0 Å². The third kappa shape index (κ3) is 3.98. The lowest BCUT2D eigenvalue weighted by molar-refractivity contribution is 0.563. The van der Waals surface area contributed by atoms with E-state index in [1.54, 1.807) is 6.20 Å². The molecule has 0 aromatic carbocycles. The molecular formula is C21H18ClFN4. The molecule has 1 N–H and O–H groups in total. The first kappa shape index (κ1) is 17.6. The molecule has 4 nitrogen and oxygen atoms in total. The molecule has 4 rings (SSSR count). The maximum atomic E-state index is 14.5. The number of nitrogens with one attached hydrogen (secondary N) is 1. The Morgan fingerprint density at radius 1 is 1.07 bits per heavy atom. The summed E-state index contributed by atoms with van der Waals surface area (Å²) in [6, 6.07) is 9.50. The van der Waals surface area contributed by atoms with Crippen LogP contribution < -0.4 is 0 Å². The van der Waals surface area contributed by atoms with Crippen LogP contribution in [0.2, 0.25) is 5.15 Å². The molecule has 0 aliphatic heterocycles. The van der Waals surface area contributed by atoms with Crippen molar-refractivity contribution in [2.24, 2.45) is 0 Å². The molecule has 6 heteroatoms. The smallest absolute Gasteiger partial charge is 0.216 e. The summed E-state index contributed by atoms with van der Waals surface area (Å²) in [7, 11) is 0. The molecule has 27 heavy (non-hydrogen) atoms. The number of hydrogen-bond acceptors (Lipinski definition) is 3. The number of hydrogen-bond donors (Lipinski definition) is 1. The molecule has 0 saturated carbocycles. The van der Waals surface area contributed by atoms with Crippen LogP contribution in [-0.2, 0) is 19.3 Å². The number of halogens is 2. The van der Waals surface area contributed by atoms with E-state index in [-0.39, 0.29) is 0 Å². The molecule has 136 valence electrons. The Kier molecular flexibility index (Phi) is 4.86. The molecule has 0 bridgehead atoms. The van der Waals surface area contributed by atoms with Gasteiger partial charge in [0.05, 0.1) is 0 Å². The summed E-state index contributed by atoms with van der Waals surface area (Å²) in [4.78, 5) is 15.6. The summed E-state index contributed by atoms with van der Waals surface area (Å²) >= 11 is 5.90. The van der Waals surface area contributed by atoms with Crippen LogP contribution in [-0.4, -0.2) is 19.9 Å². The van der Waals surface area contributed by atoms with E-state index in [2.05, 4.69) is 26.0 Å². The normalized spacial score (nSPS) is 11.2. The van der Waals surface area contributed by atoms with Gasteiger partial charge in [-0.3, -0.25) is 0 Å². The number of rotatable bonds is 5. The summed E-state index contributed by atoms with van der Waals surface area (Å²) in [6.07, 6.45) is 7.24. The van der Waals surface area contributed by atoms with Crippen LogP contribution in [0.4, 0.5) is 4.39 Å². The Morgan fingerprint density at radius 3 is 2.78 bits per heavy atom. The first-order valence-electron chi connectivity index (χ1n) is 8.76. The summed E-state index contributed by atoms with van der Waals surface area (Å²) in [6.45, 7) is 2.00. The molecular weight excluding hydrogens is 363 g/mol. The lowest BCUT2D eigenvalue weighted by Gasteiger charge is -2.06. The van der Waals surface area contributed by atoms with Gasteiger partial charge in [0, 0.05) is 41.7 Å². The van der Waals surface area contributed by atoms with E-state index in [0.717, 1.165) is 39.8 Å². The minimum absolute atomic E-state index is 0.421. The second kappa shape index (κ2) is 7.45. The topological polar surface area (TPSA) is 54.5 Å². The van der Waals surface area contributed by atoms with E-state index < -0.39 is 5.95 Å². The quantitative estimate of drug-likeness (QED) is 0.504. The van der Waals surface area contributed by atoms with Crippen LogP contribution >= 0.6 is 11.6 Å². The SMILES string of the molecule is Cc1cnc2[nH]cc(Cc3ccc(CCc4ccnc(Cl)c4)nc3F)c2c1. The Labute approximate surface area is 161 Å². The second-order valence-electron chi connectivity index (χ2n) is 6.64. The van der Waals surface area contributed by atoms with Crippen LogP contribution in [0.5, 0.6) is 0 Å². The molecule has 4 aromatic rings. The average molecular weight is 381 g/mol. The number of H-pyrrole nitrogens is 1. The Bertz CT molecular complexity index is 1110. The predicted molar refractivity (Wildman–Crippen MR) is 104 cm³/mol. The highest BCUT2D eigenvalue weighted by Crippen LogP contribution is 2.22. The molecule has 4 aromatic heterocycles. The van der Waals surface area contributed by atoms with Crippen molar-refractivity contribution in [3.05, 3.63) is 88.0 Å². The molecule has 4 heterocycles.